The maximum absolute atomic E-state index is 9.85. The minimum atomic E-state index is -0.925. The second-order valence-corrected chi connectivity index (χ2v) is 2.18. The van der Waals surface area contributed by atoms with Crippen molar-refractivity contribution in [2.24, 2.45) is 0 Å². The number of carboxylic acid groups (broad SMARTS) is 1. The van der Waals surface area contributed by atoms with Crippen molar-refractivity contribution in [3.63, 3.8) is 0 Å². The van der Waals surface area contributed by atoms with E-state index in [4.69, 9.17) is 0 Å². The van der Waals surface area contributed by atoms with Gasteiger partial charge in [0.2, 0.25) is 0 Å². The first-order valence-corrected chi connectivity index (χ1v) is 3.47. The van der Waals surface area contributed by atoms with Crippen LogP contribution in [-0.2, 0) is 4.79 Å². The number of carbonyl (C=O) groups excluding carboxylic acids is 1. The molecule has 0 aromatic rings. The number of unbranched alkanes of at least 4 members (excludes halogenated alkanes) is 3. The van der Waals surface area contributed by atoms with Gasteiger partial charge in [-0.15, -0.1) is 0 Å². The zero-order valence-electron chi connectivity index (χ0n) is 6.43. The first kappa shape index (κ1) is 13.0. The number of rotatable bonds is 5. The Morgan fingerprint density at radius 1 is 1.30 bits per heavy atom. The maximum atomic E-state index is 9.85. The van der Waals surface area contributed by atoms with Gasteiger partial charge in [-0.1, -0.05) is 26.2 Å². The van der Waals surface area contributed by atoms with Crippen LogP contribution < -0.4 is 5.11 Å². The third-order valence-electron chi connectivity index (χ3n) is 1.23. The summed E-state index contributed by atoms with van der Waals surface area (Å²) in [6.07, 6.45) is 4.29. The molecule has 0 N–H and O–H groups in total. The predicted octanol–water partition coefficient (Wildman–Crippen LogP) is 0.326. The van der Waals surface area contributed by atoms with Gasteiger partial charge in [-0.3, -0.25) is 0 Å². The third kappa shape index (κ3) is 11.2. The van der Waals surface area contributed by atoms with Gasteiger partial charge in [0.15, 0.2) is 0 Å². The van der Waals surface area contributed by atoms with Crippen LogP contribution >= 0.6 is 0 Å². The summed E-state index contributed by atoms with van der Waals surface area (Å²) in [7, 11) is 0. The molecule has 10 heavy (non-hydrogen) atoms. The van der Waals surface area contributed by atoms with Crippen LogP contribution in [0.4, 0.5) is 0 Å². The number of hydrogen-bond donors (Lipinski definition) is 0. The van der Waals surface area contributed by atoms with E-state index in [1.54, 1.807) is 0 Å². The molecule has 0 aliphatic rings. The molecule has 0 aromatic heterocycles. The Morgan fingerprint density at radius 3 is 2.30 bits per heavy atom. The summed E-state index contributed by atoms with van der Waals surface area (Å²) in [4.78, 5) is 9.85. The van der Waals surface area contributed by atoms with E-state index < -0.39 is 5.97 Å². The average Bonchev–Trinajstić information content (AvgIpc) is 1.80. The van der Waals surface area contributed by atoms with E-state index in [1.807, 2.05) is 0 Å². The normalized spacial score (nSPS) is 8.50. The van der Waals surface area contributed by atoms with Crippen molar-refractivity contribution in [3.8, 4) is 0 Å². The van der Waals surface area contributed by atoms with Crippen LogP contribution in [0.3, 0.4) is 0 Å². The summed E-state index contributed by atoms with van der Waals surface area (Å²) >= 11 is 0. The van der Waals surface area contributed by atoms with Gasteiger partial charge in [0.25, 0.3) is 0 Å². The summed E-state index contributed by atoms with van der Waals surface area (Å²) in [5.74, 6) is -0.925. The summed E-state index contributed by atoms with van der Waals surface area (Å²) in [6.45, 7) is 2.10. The van der Waals surface area contributed by atoms with Crippen molar-refractivity contribution in [2.45, 2.75) is 39.0 Å². The van der Waals surface area contributed by atoms with Crippen LogP contribution in [0.2, 0.25) is 0 Å². The van der Waals surface area contributed by atoms with Gasteiger partial charge >= 0.3 is 27.3 Å². The average molecular weight is 334 g/mol. The van der Waals surface area contributed by atoms with Crippen LogP contribution in [0.25, 0.3) is 0 Å². The van der Waals surface area contributed by atoms with Crippen molar-refractivity contribution in [2.75, 3.05) is 0 Å². The van der Waals surface area contributed by atoms with Crippen molar-refractivity contribution < 1.29 is 9.90 Å². The Hall–Kier alpha value is 0.392. The molecule has 0 fully saturated rings. The van der Waals surface area contributed by atoms with Crippen LogP contribution in [0.1, 0.15) is 39.0 Å². The zero-order chi connectivity index (χ0) is 7.11. The molecule has 0 aliphatic heterocycles. The molecule has 0 heterocycles. The van der Waals surface area contributed by atoms with Crippen LogP contribution in [-0.4, -0.2) is 33.3 Å². The number of carbonyl (C=O) groups is 1. The van der Waals surface area contributed by atoms with Gasteiger partial charge in [0.1, 0.15) is 0 Å². The molecule has 0 aliphatic carbocycles. The van der Waals surface area contributed by atoms with E-state index in [0.717, 1.165) is 25.7 Å². The second kappa shape index (κ2) is 9.39. The standard InChI is InChI=1S/C7H14O2.Tl/c1-2-3-4-5-6-7(8)9;/h2-6H2,1H3,(H,8,9);/q;+1/p-1. The summed E-state index contributed by atoms with van der Waals surface area (Å²) in [5, 5.41) is 9.85. The zero-order valence-corrected chi connectivity index (χ0v) is 10.9. The monoisotopic (exact) mass is 334 g/mol. The minimum absolute atomic E-state index is 0. The Morgan fingerprint density at radius 2 is 1.90 bits per heavy atom. The fourth-order valence-corrected chi connectivity index (χ4v) is 0.696. The molecule has 0 bridgehead atoms. The number of hydrogen-bond acceptors (Lipinski definition) is 2. The Kier molecular flexibility index (Phi) is 12.2. The van der Waals surface area contributed by atoms with Gasteiger partial charge in [-0.2, -0.15) is 0 Å². The SMILES string of the molecule is CCCCCCC(=O)[O-].[Tl+]. The molecular formula is C7H13O2Tl. The van der Waals surface area contributed by atoms with Gasteiger partial charge in [0.05, 0.1) is 0 Å². The van der Waals surface area contributed by atoms with Crippen molar-refractivity contribution in [1.82, 2.24) is 0 Å². The van der Waals surface area contributed by atoms with E-state index >= 15 is 0 Å². The van der Waals surface area contributed by atoms with Gasteiger partial charge < -0.3 is 9.90 Å². The molecule has 3 heteroatoms. The quantitative estimate of drug-likeness (QED) is 0.537. The topological polar surface area (TPSA) is 40.1 Å². The Labute approximate surface area is 82.2 Å². The van der Waals surface area contributed by atoms with Gasteiger partial charge in [-0.05, 0) is 12.8 Å². The molecule has 0 unspecified atom stereocenters. The van der Waals surface area contributed by atoms with E-state index in [2.05, 4.69) is 6.92 Å². The minimum Gasteiger partial charge on any atom is -0.550 e. The molecule has 0 rings (SSSR count). The summed E-state index contributed by atoms with van der Waals surface area (Å²) < 4.78 is 0. The molecule has 0 saturated heterocycles. The molecule has 0 radical (unpaired) electrons. The van der Waals surface area contributed by atoms with E-state index in [-0.39, 0.29) is 33.7 Å². The van der Waals surface area contributed by atoms with E-state index in [0.29, 0.717) is 0 Å². The van der Waals surface area contributed by atoms with Crippen LogP contribution in [0.5, 0.6) is 0 Å². The molecular weight excluding hydrogens is 320 g/mol. The summed E-state index contributed by atoms with van der Waals surface area (Å²) in [5.41, 5.74) is 0. The molecule has 0 spiro atoms. The first-order valence-electron chi connectivity index (χ1n) is 3.47. The summed E-state index contributed by atoms with van der Waals surface area (Å²) in [6, 6.07) is 0. The largest absolute Gasteiger partial charge is 1.00 e. The number of aliphatic carboxylic acids is 1. The van der Waals surface area contributed by atoms with Crippen LogP contribution in [0.15, 0.2) is 0 Å². The molecule has 0 amide bonds. The Balaban J connectivity index is 0. The molecule has 0 saturated carbocycles. The van der Waals surface area contributed by atoms with Crippen molar-refractivity contribution in [3.05, 3.63) is 0 Å². The second-order valence-electron chi connectivity index (χ2n) is 2.18. The Bertz CT molecular complexity index is 83.7. The maximum Gasteiger partial charge on any atom is 1.00 e. The van der Waals surface area contributed by atoms with Gasteiger partial charge in [-0.25, -0.2) is 0 Å². The molecule has 0 aromatic carbocycles. The predicted molar refractivity (Wildman–Crippen MR) is 39.5 cm³/mol. The number of carboxylic acids is 1. The fraction of sp³-hybridized carbons (Fsp3) is 0.857. The van der Waals surface area contributed by atoms with Gasteiger partial charge in [0, 0.05) is 5.97 Å². The fourth-order valence-electron chi connectivity index (χ4n) is 0.696. The van der Waals surface area contributed by atoms with Crippen molar-refractivity contribution >= 4 is 33.3 Å². The van der Waals surface area contributed by atoms with E-state index in [1.165, 1.54) is 0 Å². The van der Waals surface area contributed by atoms with E-state index in [9.17, 15) is 9.90 Å². The van der Waals surface area contributed by atoms with Crippen molar-refractivity contribution in [1.29, 1.82) is 0 Å². The molecule has 2 nitrogen and oxygen atoms in total. The smallest absolute Gasteiger partial charge is 0.550 e. The molecule has 56 valence electrons. The third-order valence-corrected chi connectivity index (χ3v) is 1.23. The van der Waals surface area contributed by atoms with Crippen LogP contribution in [0, 0.1) is 0 Å². The first-order chi connectivity index (χ1) is 4.27. The molecule has 0 atom stereocenters.